The molecule has 0 aliphatic heterocycles. The van der Waals surface area contributed by atoms with Gasteiger partial charge in [-0.05, 0) is 12.5 Å². The standard InChI is InChI=1S/C17H25NOSi/c1-4-11-20(2,3)12-7-10-18-13-15(14-19)16-8-5-6-9-17(16)18/h5-6,8-9,13-14H,4,7,10-12H2,1-3H3. The van der Waals surface area contributed by atoms with Gasteiger partial charge in [-0.1, -0.05) is 56.7 Å². The number of hydrogen-bond acceptors (Lipinski definition) is 1. The maximum atomic E-state index is 11.1. The first-order chi connectivity index (χ1) is 9.57. The van der Waals surface area contributed by atoms with E-state index in [0.717, 1.165) is 23.8 Å². The molecule has 0 spiro atoms. The number of para-hydroxylation sites is 1. The van der Waals surface area contributed by atoms with Crippen LogP contribution in [0.5, 0.6) is 0 Å². The molecule has 0 aliphatic carbocycles. The van der Waals surface area contributed by atoms with Gasteiger partial charge in [0.15, 0.2) is 6.29 Å². The normalized spacial score (nSPS) is 11.9. The zero-order valence-corrected chi connectivity index (χ0v) is 13.9. The van der Waals surface area contributed by atoms with Gasteiger partial charge in [0, 0.05) is 37.3 Å². The molecule has 0 unspecified atom stereocenters. The Labute approximate surface area is 122 Å². The number of aromatic nitrogens is 1. The van der Waals surface area contributed by atoms with Crippen LogP contribution in [0.2, 0.25) is 25.2 Å². The highest BCUT2D eigenvalue weighted by molar-refractivity contribution is 6.77. The molecule has 3 heteroatoms. The first-order valence-corrected chi connectivity index (χ1v) is 11.0. The van der Waals surface area contributed by atoms with Crippen molar-refractivity contribution in [2.45, 2.75) is 51.5 Å². The average molecular weight is 287 g/mol. The summed E-state index contributed by atoms with van der Waals surface area (Å²) in [7, 11) is -1.01. The van der Waals surface area contributed by atoms with E-state index in [4.69, 9.17) is 0 Å². The van der Waals surface area contributed by atoms with E-state index in [1.165, 1.54) is 30.4 Å². The Balaban J connectivity index is 2.09. The zero-order chi connectivity index (χ0) is 14.6. The van der Waals surface area contributed by atoms with Gasteiger partial charge in [0.25, 0.3) is 0 Å². The van der Waals surface area contributed by atoms with Crippen LogP contribution in [0.1, 0.15) is 30.1 Å². The van der Waals surface area contributed by atoms with Crippen molar-refractivity contribution in [1.82, 2.24) is 4.57 Å². The number of carbonyl (C=O) groups excluding carboxylic acids is 1. The third-order valence-corrected chi connectivity index (χ3v) is 7.69. The fourth-order valence-electron chi connectivity index (χ4n) is 3.08. The second-order valence-electron chi connectivity index (χ2n) is 6.43. The maximum absolute atomic E-state index is 11.1. The molecule has 0 saturated carbocycles. The van der Waals surface area contributed by atoms with Crippen LogP contribution >= 0.6 is 0 Å². The molecule has 0 amide bonds. The number of hydrogen-bond donors (Lipinski definition) is 0. The van der Waals surface area contributed by atoms with Gasteiger partial charge in [-0.25, -0.2) is 0 Å². The summed E-state index contributed by atoms with van der Waals surface area (Å²) in [6.07, 6.45) is 5.50. The molecule has 1 aromatic heterocycles. The number of fused-ring (bicyclic) bond motifs is 1. The number of carbonyl (C=O) groups is 1. The maximum Gasteiger partial charge on any atom is 0.152 e. The summed E-state index contributed by atoms with van der Waals surface area (Å²) in [6, 6.07) is 11.0. The Bertz CT molecular complexity index is 586. The Morgan fingerprint density at radius 3 is 2.65 bits per heavy atom. The van der Waals surface area contributed by atoms with E-state index in [0.29, 0.717) is 0 Å². The number of nitrogens with zero attached hydrogens (tertiary/aromatic N) is 1. The van der Waals surface area contributed by atoms with E-state index >= 15 is 0 Å². The van der Waals surface area contributed by atoms with Crippen molar-refractivity contribution in [2.24, 2.45) is 0 Å². The molecule has 0 aliphatic rings. The van der Waals surface area contributed by atoms with Gasteiger partial charge in [-0.2, -0.15) is 0 Å². The van der Waals surface area contributed by atoms with E-state index in [1.54, 1.807) is 0 Å². The van der Waals surface area contributed by atoms with Gasteiger partial charge >= 0.3 is 0 Å². The van der Waals surface area contributed by atoms with E-state index in [-0.39, 0.29) is 0 Å². The van der Waals surface area contributed by atoms with Gasteiger partial charge in [0.1, 0.15) is 0 Å². The van der Waals surface area contributed by atoms with Crippen LogP contribution in [0.15, 0.2) is 30.5 Å². The lowest BCUT2D eigenvalue weighted by Gasteiger charge is -2.21. The first kappa shape index (κ1) is 15.0. The van der Waals surface area contributed by atoms with Gasteiger partial charge in [-0.15, -0.1) is 0 Å². The summed E-state index contributed by atoms with van der Waals surface area (Å²) in [5.41, 5.74) is 2.00. The number of aldehydes is 1. The van der Waals surface area contributed by atoms with Crippen molar-refractivity contribution in [3.05, 3.63) is 36.0 Å². The Morgan fingerprint density at radius 2 is 1.95 bits per heavy atom. The molecule has 0 radical (unpaired) electrons. The van der Waals surface area contributed by atoms with Crippen molar-refractivity contribution in [3.63, 3.8) is 0 Å². The molecule has 2 aromatic rings. The molecule has 108 valence electrons. The first-order valence-electron chi connectivity index (χ1n) is 7.60. The van der Waals surface area contributed by atoms with Gasteiger partial charge in [0.2, 0.25) is 0 Å². The van der Waals surface area contributed by atoms with Crippen LogP contribution in [0, 0.1) is 0 Å². The topological polar surface area (TPSA) is 22.0 Å². The molecule has 2 rings (SSSR count). The predicted molar refractivity (Wildman–Crippen MR) is 89.3 cm³/mol. The summed E-state index contributed by atoms with van der Waals surface area (Å²) >= 11 is 0. The Hall–Kier alpha value is -1.35. The third kappa shape index (κ3) is 3.40. The third-order valence-electron chi connectivity index (χ3n) is 4.13. The second-order valence-corrected chi connectivity index (χ2v) is 11.8. The van der Waals surface area contributed by atoms with Crippen LogP contribution < -0.4 is 0 Å². The highest BCUT2D eigenvalue weighted by atomic mass is 28.3. The molecular weight excluding hydrogens is 262 g/mol. The molecule has 0 bridgehead atoms. The monoisotopic (exact) mass is 287 g/mol. The van der Waals surface area contributed by atoms with Crippen LogP contribution in [-0.4, -0.2) is 18.9 Å². The van der Waals surface area contributed by atoms with Gasteiger partial charge in [-0.3, -0.25) is 4.79 Å². The molecule has 2 nitrogen and oxygen atoms in total. The summed E-state index contributed by atoms with van der Waals surface area (Å²) in [5, 5.41) is 1.08. The predicted octanol–water partition coefficient (Wildman–Crippen LogP) is 4.96. The Kier molecular flexibility index (Phi) is 4.81. The summed E-state index contributed by atoms with van der Waals surface area (Å²) in [4.78, 5) is 11.1. The lowest BCUT2D eigenvalue weighted by atomic mass is 10.2. The SMILES string of the molecule is CCC[Si](C)(C)CCCn1cc(C=O)c2ccccc21. The van der Waals surface area contributed by atoms with Crippen molar-refractivity contribution in [1.29, 1.82) is 0 Å². The smallest absolute Gasteiger partial charge is 0.152 e. The van der Waals surface area contributed by atoms with Gasteiger partial charge < -0.3 is 4.57 Å². The lowest BCUT2D eigenvalue weighted by molar-refractivity contribution is 0.112. The van der Waals surface area contributed by atoms with Crippen LogP contribution in [0.4, 0.5) is 0 Å². The molecule has 0 saturated heterocycles. The molecule has 0 atom stereocenters. The minimum Gasteiger partial charge on any atom is -0.347 e. The van der Waals surface area contributed by atoms with Crippen LogP contribution in [0.3, 0.4) is 0 Å². The minimum absolute atomic E-state index is 0.811. The minimum atomic E-state index is -1.01. The van der Waals surface area contributed by atoms with Crippen LogP contribution in [-0.2, 0) is 6.54 Å². The highest BCUT2D eigenvalue weighted by Crippen LogP contribution is 2.23. The molecular formula is C17H25NOSi. The number of rotatable bonds is 7. The summed E-state index contributed by atoms with van der Waals surface area (Å²) in [6.45, 7) is 8.28. The van der Waals surface area contributed by atoms with E-state index in [9.17, 15) is 4.79 Å². The van der Waals surface area contributed by atoms with Crippen LogP contribution in [0.25, 0.3) is 10.9 Å². The van der Waals surface area contributed by atoms with E-state index < -0.39 is 8.07 Å². The lowest BCUT2D eigenvalue weighted by Crippen LogP contribution is -2.24. The summed E-state index contributed by atoms with van der Waals surface area (Å²) in [5.74, 6) is 0. The van der Waals surface area contributed by atoms with E-state index in [1.807, 2.05) is 24.4 Å². The molecule has 20 heavy (non-hydrogen) atoms. The van der Waals surface area contributed by atoms with Crippen molar-refractivity contribution in [3.8, 4) is 0 Å². The number of aryl methyl sites for hydroxylation is 1. The second kappa shape index (κ2) is 6.40. The van der Waals surface area contributed by atoms with Crippen molar-refractivity contribution < 1.29 is 4.79 Å². The quantitative estimate of drug-likeness (QED) is 0.521. The molecule has 0 N–H and O–H groups in total. The molecule has 0 fully saturated rings. The fourth-order valence-corrected chi connectivity index (χ4v) is 5.80. The average Bonchev–Trinajstić information content (AvgIpc) is 2.77. The number of benzene rings is 1. The fraction of sp³-hybridized carbons (Fsp3) is 0.471. The summed E-state index contributed by atoms with van der Waals surface area (Å²) < 4.78 is 2.25. The van der Waals surface area contributed by atoms with Gasteiger partial charge in [0.05, 0.1) is 0 Å². The highest BCUT2D eigenvalue weighted by Gasteiger charge is 2.18. The molecule has 1 heterocycles. The zero-order valence-electron chi connectivity index (χ0n) is 12.9. The largest absolute Gasteiger partial charge is 0.347 e. The van der Waals surface area contributed by atoms with E-state index in [2.05, 4.69) is 30.7 Å². The van der Waals surface area contributed by atoms with Crippen molar-refractivity contribution >= 4 is 25.3 Å². The molecule has 1 aromatic carbocycles. The van der Waals surface area contributed by atoms with Crippen molar-refractivity contribution in [2.75, 3.05) is 0 Å². The Morgan fingerprint density at radius 1 is 1.20 bits per heavy atom.